The van der Waals surface area contributed by atoms with Crippen LogP contribution in [0.5, 0.6) is 0 Å². The quantitative estimate of drug-likeness (QED) is 0.520. The normalized spacial score (nSPS) is 11.2. The Kier molecular flexibility index (Phi) is 5.11. The van der Waals surface area contributed by atoms with Crippen LogP contribution in [0, 0.1) is 0 Å². The molecule has 76 valence electrons. The van der Waals surface area contributed by atoms with Crippen molar-refractivity contribution in [3.05, 3.63) is 55.4 Å². The third-order valence-electron chi connectivity index (χ3n) is 1.36. The molecule has 0 spiro atoms. The SMILES string of the molecule is C1=COC=CO1.O=C=Nc1ccccc1. The van der Waals surface area contributed by atoms with Gasteiger partial charge in [-0.2, -0.15) is 4.99 Å². The monoisotopic (exact) mass is 203 g/mol. The van der Waals surface area contributed by atoms with Crippen molar-refractivity contribution in [1.29, 1.82) is 0 Å². The Morgan fingerprint density at radius 3 is 1.87 bits per heavy atom. The van der Waals surface area contributed by atoms with Crippen molar-refractivity contribution in [1.82, 2.24) is 0 Å². The van der Waals surface area contributed by atoms with E-state index in [1.165, 1.54) is 31.1 Å². The van der Waals surface area contributed by atoms with Gasteiger partial charge >= 0.3 is 0 Å². The molecule has 1 aromatic carbocycles. The summed E-state index contributed by atoms with van der Waals surface area (Å²) in [5, 5.41) is 0. The van der Waals surface area contributed by atoms with E-state index in [1.54, 1.807) is 12.1 Å². The molecule has 0 amide bonds. The van der Waals surface area contributed by atoms with Gasteiger partial charge in [0.25, 0.3) is 0 Å². The maximum Gasteiger partial charge on any atom is 0.240 e. The highest BCUT2D eigenvalue weighted by Crippen LogP contribution is 2.06. The number of rotatable bonds is 1. The molecule has 2 rings (SSSR count). The summed E-state index contributed by atoms with van der Waals surface area (Å²) in [5.74, 6) is 0. The molecule has 0 aromatic heterocycles. The fourth-order valence-corrected chi connectivity index (χ4v) is 0.774. The number of ether oxygens (including phenoxy) is 2. The summed E-state index contributed by atoms with van der Waals surface area (Å²) in [5.41, 5.74) is 0.646. The lowest BCUT2D eigenvalue weighted by Crippen LogP contribution is -1.74. The third-order valence-corrected chi connectivity index (χ3v) is 1.36. The first-order valence-corrected chi connectivity index (χ1v) is 4.17. The molecule has 4 nitrogen and oxygen atoms in total. The molecule has 0 N–H and O–H groups in total. The van der Waals surface area contributed by atoms with Crippen LogP contribution in [0.1, 0.15) is 0 Å². The van der Waals surface area contributed by atoms with E-state index in [0.717, 1.165) is 0 Å². The summed E-state index contributed by atoms with van der Waals surface area (Å²) in [4.78, 5) is 13.1. The van der Waals surface area contributed by atoms with Crippen molar-refractivity contribution in [3.8, 4) is 0 Å². The van der Waals surface area contributed by atoms with Gasteiger partial charge in [-0.25, -0.2) is 4.79 Å². The van der Waals surface area contributed by atoms with Crippen LogP contribution in [0.3, 0.4) is 0 Å². The standard InChI is InChI=1S/C7H5NO.C4H4O2/c9-6-8-7-4-2-1-3-5-7;1-2-6-4-3-5-1/h1-5H;1-4H. The van der Waals surface area contributed by atoms with Crippen LogP contribution in [0.15, 0.2) is 60.4 Å². The molecule has 15 heavy (non-hydrogen) atoms. The average Bonchev–Trinajstić information content (AvgIpc) is 2.34. The van der Waals surface area contributed by atoms with E-state index in [-0.39, 0.29) is 0 Å². The summed E-state index contributed by atoms with van der Waals surface area (Å²) in [6, 6.07) is 8.98. The molecule has 1 aromatic rings. The molecule has 0 atom stereocenters. The molecule has 1 heterocycles. The van der Waals surface area contributed by atoms with E-state index < -0.39 is 0 Å². The number of para-hydroxylation sites is 1. The summed E-state index contributed by atoms with van der Waals surface area (Å²) < 4.78 is 9.17. The Morgan fingerprint density at radius 1 is 0.933 bits per heavy atom. The van der Waals surface area contributed by atoms with Crippen molar-refractivity contribution in [3.63, 3.8) is 0 Å². The van der Waals surface area contributed by atoms with Gasteiger partial charge in [-0.15, -0.1) is 0 Å². The first-order chi connectivity index (χ1) is 7.43. The van der Waals surface area contributed by atoms with E-state index in [1.807, 2.05) is 18.2 Å². The fourth-order valence-electron chi connectivity index (χ4n) is 0.774. The van der Waals surface area contributed by atoms with Gasteiger partial charge in [0.2, 0.25) is 6.08 Å². The number of aliphatic imine (C=N–C) groups is 1. The van der Waals surface area contributed by atoms with Gasteiger partial charge in [0.1, 0.15) is 25.0 Å². The second-order valence-corrected chi connectivity index (χ2v) is 2.36. The highest BCUT2D eigenvalue weighted by Gasteiger charge is 1.80. The number of isocyanates is 1. The van der Waals surface area contributed by atoms with Gasteiger partial charge < -0.3 is 9.47 Å². The maximum absolute atomic E-state index is 9.68. The lowest BCUT2D eigenvalue weighted by molar-refractivity contribution is 0.290. The molecule has 0 radical (unpaired) electrons. The highest BCUT2D eigenvalue weighted by molar-refractivity contribution is 5.47. The van der Waals surface area contributed by atoms with E-state index in [2.05, 4.69) is 14.5 Å². The second kappa shape index (κ2) is 7.12. The molecular weight excluding hydrogens is 194 g/mol. The van der Waals surface area contributed by atoms with Gasteiger partial charge in [-0.1, -0.05) is 18.2 Å². The summed E-state index contributed by atoms with van der Waals surface area (Å²) in [6.45, 7) is 0. The van der Waals surface area contributed by atoms with Crippen LogP contribution < -0.4 is 0 Å². The van der Waals surface area contributed by atoms with Crippen molar-refractivity contribution >= 4 is 11.8 Å². The molecule has 1 aliphatic rings. The largest absolute Gasteiger partial charge is 0.466 e. The van der Waals surface area contributed by atoms with Gasteiger partial charge in [-0.3, -0.25) is 0 Å². The minimum absolute atomic E-state index is 0.646. The molecule has 1 aliphatic heterocycles. The summed E-state index contributed by atoms with van der Waals surface area (Å²) in [7, 11) is 0. The predicted molar refractivity (Wildman–Crippen MR) is 54.7 cm³/mol. The number of carbonyl (C=O) groups excluding carboxylic acids is 1. The van der Waals surface area contributed by atoms with Crippen LogP contribution in [0.4, 0.5) is 5.69 Å². The smallest absolute Gasteiger partial charge is 0.240 e. The molecule has 0 aliphatic carbocycles. The molecule has 4 heteroatoms. The van der Waals surface area contributed by atoms with Crippen molar-refractivity contribution in [2.24, 2.45) is 4.99 Å². The Labute approximate surface area is 87.2 Å². The van der Waals surface area contributed by atoms with Gasteiger partial charge in [0.05, 0.1) is 5.69 Å². The van der Waals surface area contributed by atoms with Gasteiger partial charge in [-0.05, 0) is 12.1 Å². The molecule has 0 bridgehead atoms. The minimum Gasteiger partial charge on any atom is -0.466 e. The minimum atomic E-state index is 0.646. The zero-order valence-electron chi connectivity index (χ0n) is 7.87. The van der Waals surface area contributed by atoms with Crippen LogP contribution >= 0.6 is 0 Å². The molecule has 0 fully saturated rings. The molecule has 0 saturated carbocycles. The van der Waals surface area contributed by atoms with E-state index in [4.69, 9.17) is 0 Å². The third kappa shape index (κ3) is 5.08. The topological polar surface area (TPSA) is 47.9 Å². The zero-order valence-corrected chi connectivity index (χ0v) is 7.87. The van der Waals surface area contributed by atoms with Crippen LogP contribution in [-0.4, -0.2) is 6.08 Å². The molecular formula is C11H9NO3. The first kappa shape index (κ1) is 10.8. The van der Waals surface area contributed by atoms with Crippen molar-refractivity contribution in [2.75, 3.05) is 0 Å². The molecule has 0 saturated heterocycles. The van der Waals surface area contributed by atoms with Crippen LogP contribution in [-0.2, 0) is 14.3 Å². The first-order valence-electron chi connectivity index (χ1n) is 4.17. The van der Waals surface area contributed by atoms with Crippen LogP contribution in [0.2, 0.25) is 0 Å². The Morgan fingerprint density at radius 2 is 1.47 bits per heavy atom. The van der Waals surface area contributed by atoms with Crippen LogP contribution in [0.25, 0.3) is 0 Å². The number of hydrogen-bond donors (Lipinski definition) is 0. The van der Waals surface area contributed by atoms with Crippen molar-refractivity contribution < 1.29 is 14.3 Å². The number of benzene rings is 1. The van der Waals surface area contributed by atoms with Gasteiger partial charge in [0.15, 0.2) is 0 Å². The van der Waals surface area contributed by atoms with E-state index >= 15 is 0 Å². The molecule has 0 unspecified atom stereocenters. The highest BCUT2D eigenvalue weighted by atomic mass is 16.5. The summed E-state index contributed by atoms with van der Waals surface area (Å²) in [6.07, 6.45) is 7.29. The fraction of sp³-hybridized carbons (Fsp3) is 0. The Bertz CT molecular complexity index is 358. The second-order valence-electron chi connectivity index (χ2n) is 2.36. The maximum atomic E-state index is 9.68. The van der Waals surface area contributed by atoms with Gasteiger partial charge in [0, 0.05) is 0 Å². The van der Waals surface area contributed by atoms with Crippen molar-refractivity contribution in [2.45, 2.75) is 0 Å². The lowest BCUT2D eigenvalue weighted by atomic mass is 10.3. The average molecular weight is 203 g/mol. The predicted octanol–water partition coefficient (Wildman–Crippen LogP) is 2.63. The number of nitrogens with zero attached hydrogens (tertiary/aromatic N) is 1. The lowest BCUT2D eigenvalue weighted by Gasteiger charge is -1.94. The number of hydrogen-bond acceptors (Lipinski definition) is 4. The Balaban J connectivity index is 0.000000162. The van der Waals surface area contributed by atoms with E-state index in [0.29, 0.717) is 5.69 Å². The zero-order chi connectivity index (χ0) is 10.8. The summed E-state index contributed by atoms with van der Waals surface area (Å²) >= 11 is 0. The van der Waals surface area contributed by atoms with E-state index in [9.17, 15) is 4.79 Å². The Hall–Kier alpha value is -2.32.